The van der Waals surface area contributed by atoms with Gasteiger partial charge in [0.1, 0.15) is 11.4 Å². The quantitative estimate of drug-likeness (QED) is 0.843. The van der Waals surface area contributed by atoms with Gasteiger partial charge in [-0.2, -0.15) is 0 Å². The van der Waals surface area contributed by atoms with Crippen LogP contribution in [0.25, 0.3) is 0 Å². The van der Waals surface area contributed by atoms with E-state index in [2.05, 4.69) is 21.2 Å². The van der Waals surface area contributed by atoms with E-state index in [0.29, 0.717) is 22.2 Å². The standard InChI is InChI=1S/C15H16BrClN2O2/c1-9(2)19-8-10(16)6-14(19)15(20)18-13-7-11(21-3)4-5-12(13)17/h4-9H,1-3H3,(H,18,20). The second-order valence-electron chi connectivity index (χ2n) is 4.84. The van der Waals surface area contributed by atoms with Crippen LogP contribution in [0.5, 0.6) is 5.75 Å². The number of aromatic nitrogens is 1. The highest BCUT2D eigenvalue weighted by molar-refractivity contribution is 9.10. The highest BCUT2D eigenvalue weighted by Crippen LogP contribution is 2.28. The molecule has 0 radical (unpaired) electrons. The molecule has 2 rings (SSSR count). The SMILES string of the molecule is COc1ccc(Cl)c(NC(=O)c2cc(Br)cn2C(C)C)c1. The molecule has 4 nitrogen and oxygen atoms in total. The van der Waals surface area contributed by atoms with Gasteiger partial charge in [-0.05, 0) is 48.0 Å². The van der Waals surface area contributed by atoms with Crippen molar-refractivity contribution < 1.29 is 9.53 Å². The highest BCUT2D eigenvalue weighted by Gasteiger charge is 2.16. The number of rotatable bonds is 4. The summed E-state index contributed by atoms with van der Waals surface area (Å²) in [7, 11) is 1.57. The van der Waals surface area contributed by atoms with E-state index in [1.54, 1.807) is 31.4 Å². The van der Waals surface area contributed by atoms with Gasteiger partial charge in [-0.15, -0.1) is 0 Å². The lowest BCUT2D eigenvalue weighted by Crippen LogP contribution is -2.18. The number of nitrogens with one attached hydrogen (secondary N) is 1. The summed E-state index contributed by atoms with van der Waals surface area (Å²) in [6, 6.07) is 7.08. The van der Waals surface area contributed by atoms with Crippen molar-refractivity contribution in [2.45, 2.75) is 19.9 Å². The molecule has 0 bridgehead atoms. The predicted molar refractivity (Wildman–Crippen MR) is 88.5 cm³/mol. The Labute approximate surface area is 137 Å². The zero-order valence-corrected chi connectivity index (χ0v) is 14.3. The third-order valence-electron chi connectivity index (χ3n) is 3.03. The van der Waals surface area contributed by atoms with Gasteiger partial charge in [0, 0.05) is 22.8 Å². The Morgan fingerprint density at radius 1 is 1.38 bits per heavy atom. The van der Waals surface area contributed by atoms with Crippen LogP contribution in [-0.2, 0) is 0 Å². The van der Waals surface area contributed by atoms with Crippen molar-refractivity contribution in [1.82, 2.24) is 4.57 Å². The van der Waals surface area contributed by atoms with E-state index >= 15 is 0 Å². The first-order valence-electron chi connectivity index (χ1n) is 6.44. The molecule has 0 aliphatic rings. The van der Waals surface area contributed by atoms with E-state index in [1.165, 1.54) is 0 Å². The Kier molecular flexibility index (Phi) is 4.96. The molecule has 1 aromatic heterocycles. The number of amides is 1. The zero-order chi connectivity index (χ0) is 15.6. The van der Waals surface area contributed by atoms with Crippen LogP contribution >= 0.6 is 27.5 Å². The highest BCUT2D eigenvalue weighted by atomic mass is 79.9. The van der Waals surface area contributed by atoms with Gasteiger partial charge in [0.05, 0.1) is 17.8 Å². The average molecular weight is 372 g/mol. The van der Waals surface area contributed by atoms with E-state index in [0.717, 1.165) is 4.47 Å². The third-order valence-corrected chi connectivity index (χ3v) is 3.79. The number of carbonyl (C=O) groups is 1. The van der Waals surface area contributed by atoms with Crippen LogP contribution in [0.4, 0.5) is 5.69 Å². The van der Waals surface area contributed by atoms with Crippen molar-refractivity contribution >= 4 is 39.1 Å². The molecule has 0 atom stereocenters. The first-order valence-corrected chi connectivity index (χ1v) is 7.61. The van der Waals surface area contributed by atoms with E-state index < -0.39 is 0 Å². The van der Waals surface area contributed by atoms with Crippen LogP contribution in [0.2, 0.25) is 5.02 Å². The molecule has 2 aromatic rings. The second-order valence-corrected chi connectivity index (χ2v) is 6.17. The summed E-state index contributed by atoms with van der Waals surface area (Å²) in [5.74, 6) is 0.416. The summed E-state index contributed by atoms with van der Waals surface area (Å²) in [4.78, 5) is 12.5. The number of ether oxygens (including phenoxy) is 1. The minimum absolute atomic E-state index is 0.179. The molecule has 0 saturated carbocycles. The summed E-state index contributed by atoms with van der Waals surface area (Å²) in [5, 5.41) is 3.28. The van der Waals surface area contributed by atoms with Crippen LogP contribution in [-0.4, -0.2) is 17.6 Å². The number of methoxy groups -OCH3 is 1. The first-order chi connectivity index (χ1) is 9.92. The number of benzene rings is 1. The minimum atomic E-state index is -0.218. The molecule has 1 aromatic carbocycles. The molecule has 1 N–H and O–H groups in total. The molecular formula is C15H16BrClN2O2. The number of carbonyl (C=O) groups excluding carboxylic acids is 1. The van der Waals surface area contributed by atoms with Gasteiger partial charge in [0.25, 0.3) is 5.91 Å². The number of nitrogens with zero attached hydrogens (tertiary/aromatic N) is 1. The van der Waals surface area contributed by atoms with Crippen molar-refractivity contribution in [3.05, 3.63) is 45.7 Å². The first kappa shape index (κ1) is 15.9. The summed E-state index contributed by atoms with van der Waals surface area (Å²) >= 11 is 9.50. The van der Waals surface area contributed by atoms with E-state index in [4.69, 9.17) is 16.3 Å². The summed E-state index contributed by atoms with van der Waals surface area (Å²) in [6.07, 6.45) is 1.88. The second kappa shape index (κ2) is 6.54. The molecule has 21 heavy (non-hydrogen) atoms. The summed E-state index contributed by atoms with van der Waals surface area (Å²) in [6.45, 7) is 4.03. The van der Waals surface area contributed by atoms with Crippen molar-refractivity contribution in [2.75, 3.05) is 12.4 Å². The van der Waals surface area contributed by atoms with Gasteiger partial charge in [-0.1, -0.05) is 11.6 Å². The largest absolute Gasteiger partial charge is 0.497 e. The minimum Gasteiger partial charge on any atom is -0.497 e. The Balaban J connectivity index is 2.30. The average Bonchev–Trinajstić information content (AvgIpc) is 2.83. The zero-order valence-electron chi connectivity index (χ0n) is 12.0. The van der Waals surface area contributed by atoms with E-state index in [9.17, 15) is 4.79 Å². The van der Waals surface area contributed by atoms with Crippen LogP contribution < -0.4 is 10.1 Å². The molecule has 1 heterocycles. The molecule has 0 spiro atoms. The number of anilines is 1. The summed E-state index contributed by atoms with van der Waals surface area (Å²) in [5.41, 5.74) is 1.09. The molecule has 0 aliphatic heterocycles. The Morgan fingerprint density at radius 2 is 2.10 bits per heavy atom. The van der Waals surface area contributed by atoms with Gasteiger partial charge in [0.2, 0.25) is 0 Å². The number of hydrogen-bond donors (Lipinski definition) is 1. The maximum Gasteiger partial charge on any atom is 0.272 e. The number of hydrogen-bond acceptors (Lipinski definition) is 2. The van der Waals surface area contributed by atoms with Crippen LogP contribution in [0.3, 0.4) is 0 Å². The fraction of sp³-hybridized carbons (Fsp3) is 0.267. The Morgan fingerprint density at radius 3 is 2.71 bits per heavy atom. The van der Waals surface area contributed by atoms with Gasteiger partial charge in [0.15, 0.2) is 0 Å². The molecule has 0 fully saturated rings. The summed E-state index contributed by atoms with van der Waals surface area (Å²) < 4.78 is 7.90. The normalized spacial score (nSPS) is 10.8. The van der Waals surface area contributed by atoms with Crippen molar-refractivity contribution in [3.8, 4) is 5.75 Å². The number of halogens is 2. The van der Waals surface area contributed by atoms with E-state index in [1.807, 2.05) is 24.6 Å². The molecule has 0 aliphatic carbocycles. The van der Waals surface area contributed by atoms with Gasteiger partial charge < -0.3 is 14.6 Å². The van der Waals surface area contributed by atoms with Gasteiger partial charge in [-0.3, -0.25) is 4.79 Å². The molecular weight excluding hydrogens is 356 g/mol. The van der Waals surface area contributed by atoms with E-state index in [-0.39, 0.29) is 11.9 Å². The van der Waals surface area contributed by atoms with Crippen LogP contribution in [0.15, 0.2) is 34.9 Å². The fourth-order valence-electron chi connectivity index (χ4n) is 1.97. The third kappa shape index (κ3) is 3.60. The lowest BCUT2D eigenvalue weighted by Gasteiger charge is -2.13. The van der Waals surface area contributed by atoms with Crippen molar-refractivity contribution in [2.24, 2.45) is 0 Å². The smallest absolute Gasteiger partial charge is 0.272 e. The van der Waals surface area contributed by atoms with Crippen molar-refractivity contribution in [3.63, 3.8) is 0 Å². The molecule has 0 saturated heterocycles. The molecule has 1 amide bonds. The predicted octanol–water partition coefficient (Wildman–Crippen LogP) is 4.75. The fourth-order valence-corrected chi connectivity index (χ4v) is 2.57. The molecule has 112 valence electrons. The monoisotopic (exact) mass is 370 g/mol. The van der Waals surface area contributed by atoms with Gasteiger partial charge >= 0.3 is 0 Å². The lowest BCUT2D eigenvalue weighted by molar-refractivity contribution is 0.101. The van der Waals surface area contributed by atoms with Gasteiger partial charge in [-0.25, -0.2) is 0 Å². The Hall–Kier alpha value is -1.46. The maximum absolute atomic E-state index is 12.5. The topological polar surface area (TPSA) is 43.3 Å². The van der Waals surface area contributed by atoms with Crippen LogP contribution in [0, 0.1) is 0 Å². The molecule has 6 heteroatoms. The lowest BCUT2D eigenvalue weighted by atomic mass is 10.2. The molecule has 0 unspecified atom stereocenters. The maximum atomic E-state index is 12.5. The Bertz CT molecular complexity index is 668. The van der Waals surface area contributed by atoms with Crippen molar-refractivity contribution in [1.29, 1.82) is 0 Å². The van der Waals surface area contributed by atoms with Crippen LogP contribution in [0.1, 0.15) is 30.4 Å².